The first-order valence-electron chi connectivity index (χ1n) is 11.1. The highest BCUT2D eigenvalue weighted by atomic mass is 32.1. The van der Waals surface area contributed by atoms with Gasteiger partial charge in [0.05, 0.1) is 50.2 Å². The van der Waals surface area contributed by atoms with Crippen molar-refractivity contribution in [3.63, 3.8) is 0 Å². The Kier molecular flexibility index (Phi) is 6.20. The summed E-state index contributed by atoms with van der Waals surface area (Å²) in [5, 5.41) is 8.50. The van der Waals surface area contributed by atoms with E-state index in [1.54, 1.807) is 36.8 Å². The summed E-state index contributed by atoms with van der Waals surface area (Å²) in [5.41, 5.74) is 1.91. The number of ether oxygens (including phenoxy) is 2. The van der Waals surface area contributed by atoms with Gasteiger partial charge in [-0.1, -0.05) is 12.1 Å². The third-order valence-electron chi connectivity index (χ3n) is 6.10. The van der Waals surface area contributed by atoms with Crippen molar-refractivity contribution in [3.05, 3.63) is 70.3 Å². The maximum Gasteiger partial charge on any atom is 0.257 e. The van der Waals surface area contributed by atoms with Crippen molar-refractivity contribution in [1.82, 2.24) is 9.91 Å². The molecule has 172 valence electrons. The minimum absolute atomic E-state index is 0.0141. The van der Waals surface area contributed by atoms with Crippen LogP contribution in [0.15, 0.2) is 63.6 Å². The molecular formula is C25H27N3O4S. The van der Waals surface area contributed by atoms with Crippen LogP contribution in [0.5, 0.6) is 11.5 Å². The number of hydrazone groups is 1. The molecule has 33 heavy (non-hydrogen) atoms. The lowest BCUT2D eigenvalue weighted by molar-refractivity contribution is -0.134. The number of rotatable bonds is 9. The Labute approximate surface area is 197 Å². The first kappa shape index (κ1) is 21.7. The first-order valence-corrected chi connectivity index (χ1v) is 12.0. The zero-order valence-electron chi connectivity index (χ0n) is 18.8. The van der Waals surface area contributed by atoms with Crippen molar-refractivity contribution < 1.29 is 18.7 Å². The fraction of sp³-hybridized carbons (Fsp3) is 0.360. The normalized spacial score (nSPS) is 18.0. The van der Waals surface area contributed by atoms with E-state index in [1.165, 1.54) is 0 Å². The highest BCUT2D eigenvalue weighted by Crippen LogP contribution is 2.38. The van der Waals surface area contributed by atoms with Crippen molar-refractivity contribution in [2.24, 2.45) is 5.10 Å². The number of hydrogen-bond acceptors (Lipinski definition) is 7. The van der Waals surface area contributed by atoms with Crippen LogP contribution in [0.3, 0.4) is 0 Å². The Bertz CT molecular complexity index is 1120. The van der Waals surface area contributed by atoms with E-state index >= 15 is 0 Å². The maximum absolute atomic E-state index is 13.6. The lowest BCUT2D eigenvalue weighted by atomic mass is 10.0. The Morgan fingerprint density at radius 2 is 2.03 bits per heavy atom. The number of thiophene rings is 1. The highest BCUT2D eigenvalue weighted by molar-refractivity contribution is 7.12. The fourth-order valence-corrected chi connectivity index (χ4v) is 4.98. The molecular weight excluding hydrogens is 438 g/mol. The number of benzene rings is 1. The summed E-state index contributed by atoms with van der Waals surface area (Å²) in [5.74, 6) is 2.16. The molecule has 1 aromatic carbocycles. The zero-order chi connectivity index (χ0) is 22.8. The molecule has 0 saturated heterocycles. The van der Waals surface area contributed by atoms with Crippen LogP contribution in [0.1, 0.15) is 41.5 Å². The predicted octanol–water partition coefficient (Wildman–Crippen LogP) is 4.70. The molecule has 1 atom stereocenters. The van der Waals surface area contributed by atoms with Crippen molar-refractivity contribution in [1.29, 1.82) is 0 Å². The van der Waals surface area contributed by atoms with Gasteiger partial charge >= 0.3 is 0 Å². The quantitative estimate of drug-likeness (QED) is 0.458. The second-order valence-electron chi connectivity index (χ2n) is 8.31. The lowest BCUT2D eigenvalue weighted by Gasteiger charge is -2.26. The number of methoxy groups -OCH3 is 2. The molecule has 1 fully saturated rings. The topological polar surface area (TPSA) is 67.5 Å². The monoisotopic (exact) mass is 465 g/mol. The highest BCUT2D eigenvalue weighted by Gasteiger charge is 2.37. The fourth-order valence-electron chi connectivity index (χ4n) is 4.25. The van der Waals surface area contributed by atoms with Crippen molar-refractivity contribution in [2.45, 2.75) is 37.9 Å². The Hall–Kier alpha value is -3.10. The van der Waals surface area contributed by atoms with Gasteiger partial charge in [-0.2, -0.15) is 5.10 Å². The third-order valence-corrected chi connectivity index (χ3v) is 7.02. The van der Waals surface area contributed by atoms with E-state index in [-0.39, 0.29) is 11.9 Å². The summed E-state index contributed by atoms with van der Waals surface area (Å²) in [7, 11) is 3.24. The van der Waals surface area contributed by atoms with Gasteiger partial charge in [-0.05, 0) is 54.1 Å². The third kappa shape index (κ3) is 4.67. The molecule has 1 aliphatic carbocycles. The number of amides is 1. The molecule has 0 unspecified atom stereocenters. The number of furan rings is 1. The number of carbonyl (C=O) groups excluding carboxylic acids is 1. The molecule has 5 rings (SSSR count). The Morgan fingerprint density at radius 1 is 1.18 bits per heavy atom. The van der Waals surface area contributed by atoms with Crippen LogP contribution in [-0.4, -0.2) is 48.3 Å². The molecule has 3 aromatic rings. The number of carbonyl (C=O) groups is 1. The van der Waals surface area contributed by atoms with Crippen LogP contribution in [-0.2, 0) is 11.3 Å². The largest absolute Gasteiger partial charge is 0.493 e. The summed E-state index contributed by atoms with van der Waals surface area (Å²) >= 11 is 1.64. The smallest absolute Gasteiger partial charge is 0.257 e. The maximum atomic E-state index is 13.6. The molecule has 2 aromatic heterocycles. The molecule has 1 aliphatic heterocycles. The van der Waals surface area contributed by atoms with Crippen LogP contribution in [0.2, 0.25) is 0 Å². The van der Waals surface area contributed by atoms with Gasteiger partial charge < -0.3 is 13.9 Å². The van der Waals surface area contributed by atoms with Crippen LogP contribution >= 0.6 is 11.3 Å². The molecule has 0 radical (unpaired) electrons. The van der Waals surface area contributed by atoms with Crippen LogP contribution in [0.4, 0.5) is 0 Å². The summed E-state index contributed by atoms with van der Waals surface area (Å²) in [6.07, 6.45) is 4.55. The molecule has 8 heteroatoms. The molecule has 7 nitrogen and oxygen atoms in total. The molecule has 1 saturated carbocycles. The van der Waals surface area contributed by atoms with Gasteiger partial charge in [-0.3, -0.25) is 9.69 Å². The van der Waals surface area contributed by atoms with Gasteiger partial charge in [0.25, 0.3) is 5.91 Å². The van der Waals surface area contributed by atoms with E-state index in [4.69, 9.17) is 19.0 Å². The zero-order valence-corrected chi connectivity index (χ0v) is 19.6. The summed E-state index contributed by atoms with van der Waals surface area (Å²) < 4.78 is 16.4. The molecule has 3 heterocycles. The van der Waals surface area contributed by atoms with Crippen molar-refractivity contribution >= 4 is 23.0 Å². The standard InChI is InChI=1S/C25H27N3O4S/c1-30-22-10-7-17(13-23(22)31-2)21-14-20(24-6-4-12-33-24)26-28(21)25(29)16-27(18-8-9-18)15-19-5-3-11-32-19/h3-7,10-13,18,21H,8-9,14-16H2,1-2H3/t21-/m1/s1. The van der Waals surface area contributed by atoms with E-state index in [0.717, 1.165) is 34.8 Å². The van der Waals surface area contributed by atoms with Crippen molar-refractivity contribution in [3.8, 4) is 11.5 Å². The van der Waals surface area contributed by atoms with Gasteiger partial charge in [-0.15, -0.1) is 11.3 Å². The van der Waals surface area contributed by atoms with E-state index < -0.39 is 0 Å². The van der Waals surface area contributed by atoms with Crippen LogP contribution in [0, 0.1) is 0 Å². The minimum atomic E-state index is -0.195. The van der Waals surface area contributed by atoms with Gasteiger partial charge in [-0.25, -0.2) is 5.01 Å². The molecule has 2 aliphatic rings. The van der Waals surface area contributed by atoms with Crippen LogP contribution in [0.25, 0.3) is 0 Å². The summed E-state index contributed by atoms with van der Waals surface area (Å²) in [4.78, 5) is 16.9. The van der Waals surface area contributed by atoms with Gasteiger partial charge in [0.1, 0.15) is 5.76 Å². The average molecular weight is 466 g/mol. The lowest BCUT2D eigenvalue weighted by Crippen LogP contribution is -2.39. The average Bonchev–Trinajstić information content (AvgIpc) is 3.24. The second kappa shape index (κ2) is 9.41. The van der Waals surface area contributed by atoms with Gasteiger partial charge in [0.2, 0.25) is 0 Å². The SMILES string of the molecule is COc1ccc([C@H]2CC(c3cccs3)=NN2C(=O)CN(Cc2ccco2)C2CC2)cc1OC. The van der Waals surface area contributed by atoms with Crippen LogP contribution < -0.4 is 9.47 Å². The van der Waals surface area contributed by atoms with Gasteiger partial charge in [0, 0.05) is 12.5 Å². The van der Waals surface area contributed by atoms with Crippen molar-refractivity contribution in [2.75, 3.05) is 20.8 Å². The summed E-state index contributed by atoms with van der Waals surface area (Å²) in [6.45, 7) is 0.927. The minimum Gasteiger partial charge on any atom is -0.493 e. The number of hydrogen-bond donors (Lipinski definition) is 0. The molecule has 0 N–H and O–H groups in total. The number of nitrogens with zero attached hydrogens (tertiary/aromatic N) is 3. The molecule has 0 spiro atoms. The Morgan fingerprint density at radius 3 is 2.70 bits per heavy atom. The van der Waals surface area contributed by atoms with E-state index in [1.807, 2.05) is 41.8 Å². The predicted molar refractivity (Wildman–Crippen MR) is 127 cm³/mol. The molecule has 1 amide bonds. The van der Waals surface area contributed by atoms with Gasteiger partial charge in [0.15, 0.2) is 11.5 Å². The van der Waals surface area contributed by atoms with E-state index in [2.05, 4.69) is 11.0 Å². The van der Waals surface area contributed by atoms with E-state index in [9.17, 15) is 4.79 Å². The Balaban J connectivity index is 1.41. The van der Waals surface area contributed by atoms with E-state index in [0.29, 0.717) is 37.1 Å². The second-order valence-corrected chi connectivity index (χ2v) is 9.26. The summed E-state index contributed by atoms with van der Waals surface area (Å²) in [6, 6.07) is 13.9. The first-order chi connectivity index (χ1) is 16.2. The molecule has 0 bridgehead atoms.